The molecule has 0 aliphatic rings. The number of carboxylic acid groups (broad SMARTS) is 1. The van der Waals surface area contributed by atoms with E-state index in [2.05, 4.69) is 0 Å². The van der Waals surface area contributed by atoms with E-state index in [1.165, 1.54) is 30.3 Å². The molecule has 0 bridgehead atoms. The molecule has 0 aliphatic heterocycles. The molecule has 1 N–H and O–H groups in total. The fraction of sp³-hybridized carbons (Fsp3) is 0.0870. The fourth-order valence-corrected chi connectivity index (χ4v) is 3.32. The van der Waals surface area contributed by atoms with Crippen LogP contribution in [-0.4, -0.2) is 15.6 Å². The number of ether oxygens (including phenoxy) is 1. The Hall–Kier alpha value is -3.81. The third-order valence-corrected chi connectivity index (χ3v) is 4.82. The molecule has 0 saturated carbocycles. The predicted molar refractivity (Wildman–Crippen MR) is 105 cm³/mol. The number of carbonyl (C=O) groups is 1. The Balaban J connectivity index is 1.60. The van der Waals surface area contributed by atoms with Crippen molar-refractivity contribution in [3.63, 3.8) is 0 Å². The molecule has 0 unspecified atom stereocenters. The van der Waals surface area contributed by atoms with E-state index in [4.69, 9.17) is 9.84 Å². The van der Waals surface area contributed by atoms with E-state index >= 15 is 0 Å². The van der Waals surface area contributed by atoms with Crippen LogP contribution >= 0.6 is 0 Å². The predicted octanol–water partition coefficient (Wildman–Crippen LogP) is 5.52. The van der Waals surface area contributed by atoms with Crippen molar-refractivity contribution in [1.82, 2.24) is 4.57 Å². The molecule has 1 aromatic heterocycles. The Morgan fingerprint density at radius 1 is 0.935 bits per heavy atom. The molecule has 0 amide bonds. The van der Waals surface area contributed by atoms with Gasteiger partial charge < -0.3 is 14.4 Å². The molecule has 0 atom stereocenters. The lowest BCUT2D eigenvalue weighted by molar-refractivity contribution is 0.0697. The molecule has 4 aromatic rings. The monoisotopic (exact) mass is 429 g/mol. The molecule has 8 heteroatoms. The average molecular weight is 429 g/mol. The summed E-state index contributed by atoms with van der Waals surface area (Å²) in [6.45, 7) is -0.0453. The highest BCUT2D eigenvalue weighted by Gasteiger charge is 2.13. The first-order valence-corrected chi connectivity index (χ1v) is 9.18. The Morgan fingerprint density at radius 3 is 2.39 bits per heavy atom. The van der Waals surface area contributed by atoms with Crippen molar-refractivity contribution in [2.45, 2.75) is 13.2 Å². The van der Waals surface area contributed by atoms with Gasteiger partial charge in [0.05, 0.1) is 12.1 Å². The van der Waals surface area contributed by atoms with E-state index in [0.29, 0.717) is 10.9 Å². The highest BCUT2D eigenvalue weighted by molar-refractivity contribution is 5.93. The maximum absolute atomic E-state index is 13.9. The van der Waals surface area contributed by atoms with Gasteiger partial charge in [0.25, 0.3) is 0 Å². The van der Waals surface area contributed by atoms with Gasteiger partial charge in [-0.15, -0.1) is 0 Å². The molecule has 3 aromatic carbocycles. The second-order valence-corrected chi connectivity index (χ2v) is 6.94. The molecule has 0 radical (unpaired) electrons. The van der Waals surface area contributed by atoms with E-state index < -0.39 is 29.2 Å². The normalized spacial score (nSPS) is 11.1. The highest BCUT2D eigenvalue weighted by atomic mass is 19.2. The van der Waals surface area contributed by atoms with E-state index in [9.17, 15) is 22.4 Å². The number of rotatable bonds is 6. The lowest BCUT2D eigenvalue weighted by Gasteiger charge is -2.14. The summed E-state index contributed by atoms with van der Waals surface area (Å²) in [7, 11) is 0. The zero-order valence-corrected chi connectivity index (χ0v) is 15.9. The third kappa shape index (κ3) is 4.23. The molecule has 4 nitrogen and oxygen atoms in total. The topological polar surface area (TPSA) is 51.5 Å². The van der Waals surface area contributed by atoms with Crippen molar-refractivity contribution in [1.29, 1.82) is 0 Å². The highest BCUT2D eigenvalue weighted by Crippen LogP contribution is 2.26. The molecule has 1 heterocycles. The van der Waals surface area contributed by atoms with Crippen LogP contribution in [0.25, 0.3) is 10.9 Å². The van der Waals surface area contributed by atoms with Gasteiger partial charge in [0.15, 0.2) is 17.5 Å². The SMILES string of the molecule is O=C(O)c1ccc2c(ccn2Cc2cc(F)ccc2OCc2cc(F)c(F)c(F)c2)c1. The minimum Gasteiger partial charge on any atom is -0.489 e. The van der Waals surface area contributed by atoms with Crippen LogP contribution in [0.5, 0.6) is 5.75 Å². The van der Waals surface area contributed by atoms with Crippen LogP contribution in [-0.2, 0) is 13.2 Å². The van der Waals surface area contributed by atoms with Gasteiger partial charge in [0.2, 0.25) is 0 Å². The summed E-state index contributed by atoms with van der Waals surface area (Å²) in [6, 6.07) is 11.9. The van der Waals surface area contributed by atoms with Gasteiger partial charge in [-0.25, -0.2) is 22.4 Å². The largest absolute Gasteiger partial charge is 0.489 e. The van der Waals surface area contributed by atoms with Gasteiger partial charge >= 0.3 is 5.97 Å². The molecule has 0 fully saturated rings. The van der Waals surface area contributed by atoms with Gasteiger partial charge in [0, 0.05) is 22.7 Å². The first kappa shape index (κ1) is 20.5. The maximum Gasteiger partial charge on any atom is 0.335 e. The van der Waals surface area contributed by atoms with Crippen molar-refractivity contribution in [2.75, 3.05) is 0 Å². The maximum atomic E-state index is 13.9. The van der Waals surface area contributed by atoms with Crippen molar-refractivity contribution in [2.24, 2.45) is 0 Å². The lowest BCUT2D eigenvalue weighted by Crippen LogP contribution is -2.05. The second-order valence-electron chi connectivity index (χ2n) is 6.94. The van der Waals surface area contributed by atoms with E-state index in [0.717, 1.165) is 17.6 Å². The van der Waals surface area contributed by atoms with Crippen molar-refractivity contribution < 1.29 is 32.2 Å². The van der Waals surface area contributed by atoms with Gasteiger partial charge in [0.1, 0.15) is 18.2 Å². The van der Waals surface area contributed by atoms with Crippen molar-refractivity contribution in [3.05, 3.63) is 101 Å². The molecular weight excluding hydrogens is 414 g/mol. The number of aromatic carboxylic acids is 1. The van der Waals surface area contributed by atoms with E-state index in [1.54, 1.807) is 22.9 Å². The number of carboxylic acids is 1. The van der Waals surface area contributed by atoms with Crippen molar-refractivity contribution in [3.8, 4) is 5.75 Å². The number of fused-ring (bicyclic) bond motifs is 1. The number of nitrogens with zero attached hydrogens (tertiary/aromatic N) is 1. The zero-order valence-electron chi connectivity index (χ0n) is 15.9. The smallest absolute Gasteiger partial charge is 0.335 e. The molecule has 158 valence electrons. The molecule has 0 saturated heterocycles. The Kier molecular flexibility index (Phi) is 5.37. The molecular formula is C23H15F4NO3. The Labute approximate surface area is 173 Å². The minimum atomic E-state index is -1.56. The number of hydrogen-bond acceptors (Lipinski definition) is 2. The van der Waals surface area contributed by atoms with Crippen LogP contribution in [0.3, 0.4) is 0 Å². The number of aromatic nitrogens is 1. The third-order valence-electron chi connectivity index (χ3n) is 4.82. The van der Waals surface area contributed by atoms with Gasteiger partial charge in [-0.3, -0.25) is 0 Å². The van der Waals surface area contributed by atoms with Crippen LogP contribution in [0, 0.1) is 23.3 Å². The summed E-state index contributed by atoms with van der Waals surface area (Å²) < 4.78 is 61.2. The Morgan fingerprint density at radius 2 is 1.68 bits per heavy atom. The molecule has 0 spiro atoms. The van der Waals surface area contributed by atoms with E-state index in [1.807, 2.05) is 0 Å². The van der Waals surface area contributed by atoms with Crippen molar-refractivity contribution >= 4 is 16.9 Å². The van der Waals surface area contributed by atoms with Gasteiger partial charge in [-0.1, -0.05) is 0 Å². The van der Waals surface area contributed by atoms with Gasteiger partial charge in [-0.2, -0.15) is 0 Å². The summed E-state index contributed by atoms with van der Waals surface area (Å²) in [4.78, 5) is 11.1. The molecule has 4 rings (SSSR count). The van der Waals surface area contributed by atoms with E-state index in [-0.39, 0.29) is 30.0 Å². The van der Waals surface area contributed by atoms with Crippen LogP contribution < -0.4 is 4.74 Å². The summed E-state index contributed by atoms with van der Waals surface area (Å²) in [6.07, 6.45) is 1.73. The van der Waals surface area contributed by atoms with Crippen LogP contribution in [0.1, 0.15) is 21.5 Å². The molecule has 31 heavy (non-hydrogen) atoms. The van der Waals surface area contributed by atoms with Gasteiger partial charge in [-0.05, 0) is 60.2 Å². The van der Waals surface area contributed by atoms with Crippen LogP contribution in [0.2, 0.25) is 0 Å². The van der Waals surface area contributed by atoms with Crippen LogP contribution in [0.15, 0.2) is 60.8 Å². The molecule has 0 aliphatic carbocycles. The number of halogens is 4. The first-order valence-electron chi connectivity index (χ1n) is 9.18. The number of hydrogen-bond donors (Lipinski definition) is 1. The standard InChI is InChI=1S/C23H15F4NO3/c24-17-2-4-21(31-12-13-7-18(25)22(27)19(26)8-13)16(10-17)11-28-6-5-14-9-15(23(29)30)1-3-20(14)28/h1-10H,11-12H2,(H,29,30). The summed E-state index contributed by atoms with van der Waals surface area (Å²) in [5, 5.41) is 9.83. The number of benzene rings is 3. The summed E-state index contributed by atoms with van der Waals surface area (Å²) in [5.41, 5.74) is 1.43. The Bertz CT molecular complexity index is 1280. The average Bonchev–Trinajstić information content (AvgIpc) is 3.13. The second kappa shape index (κ2) is 8.14. The summed E-state index contributed by atoms with van der Waals surface area (Å²) >= 11 is 0. The fourth-order valence-electron chi connectivity index (χ4n) is 3.32. The summed E-state index contributed by atoms with van der Waals surface area (Å²) in [5.74, 6) is -5.45. The van der Waals surface area contributed by atoms with Crippen LogP contribution in [0.4, 0.5) is 17.6 Å². The zero-order chi connectivity index (χ0) is 22.1. The first-order chi connectivity index (χ1) is 14.8. The minimum absolute atomic E-state index is 0.0827. The lowest BCUT2D eigenvalue weighted by atomic mass is 10.1. The quantitative estimate of drug-likeness (QED) is 0.324.